The number of likely N-dealkylation sites (N-methyl/N-ethyl adjacent to an activating group) is 1. The van der Waals surface area contributed by atoms with Gasteiger partial charge >= 0.3 is 12.1 Å². The average Bonchev–Trinajstić information content (AvgIpc) is 2.71. The summed E-state index contributed by atoms with van der Waals surface area (Å²) in [6.07, 6.45) is 4.22. The first-order valence-electron chi connectivity index (χ1n) is 13.3. The SMILES string of the molecule is [2H]C([2H])([2H])N1/C(=N\C(=O)OC(C)(C)C)NC(=O)CCCCCCCCCCC(C)OC(=O)C1N=C(N)N. The van der Waals surface area contributed by atoms with E-state index in [1.54, 1.807) is 27.7 Å². The third kappa shape index (κ3) is 12.4. The highest BCUT2D eigenvalue weighted by Gasteiger charge is 2.30. The van der Waals surface area contributed by atoms with Crippen LogP contribution in [-0.2, 0) is 19.1 Å². The fraction of sp³-hybridized carbons (Fsp3) is 0.783. The number of hydrogen-bond acceptors (Lipinski definition) is 6. The molecule has 34 heavy (non-hydrogen) atoms. The van der Waals surface area contributed by atoms with E-state index in [0.29, 0.717) is 17.7 Å². The van der Waals surface area contributed by atoms with Crippen LogP contribution in [0.1, 0.15) is 96.0 Å². The molecule has 1 aliphatic rings. The second kappa shape index (κ2) is 14.4. The summed E-state index contributed by atoms with van der Waals surface area (Å²) in [6, 6.07) is 0. The van der Waals surface area contributed by atoms with E-state index < -0.39 is 54.7 Å². The molecule has 0 spiro atoms. The molecule has 0 aromatic carbocycles. The molecule has 1 aliphatic heterocycles. The monoisotopic (exact) mass is 485 g/mol. The zero-order valence-corrected chi connectivity index (χ0v) is 20.8. The second-order valence-corrected chi connectivity index (χ2v) is 9.38. The van der Waals surface area contributed by atoms with Gasteiger partial charge in [0.05, 0.1) is 6.10 Å². The predicted octanol–water partition coefficient (Wildman–Crippen LogP) is 2.77. The number of carbonyl (C=O) groups is 3. The van der Waals surface area contributed by atoms with Crippen LogP contribution >= 0.6 is 0 Å². The van der Waals surface area contributed by atoms with Crippen molar-refractivity contribution < 1.29 is 28.0 Å². The number of carbonyl (C=O) groups excluding carboxylic acids is 3. The molecule has 194 valence electrons. The van der Waals surface area contributed by atoms with E-state index in [2.05, 4.69) is 15.3 Å². The van der Waals surface area contributed by atoms with Gasteiger partial charge in [-0.15, -0.1) is 4.99 Å². The molecular weight excluding hydrogens is 440 g/mol. The molecule has 1 rings (SSSR count). The maximum absolute atomic E-state index is 13.1. The van der Waals surface area contributed by atoms with Crippen molar-refractivity contribution in [2.75, 3.05) is 6.98 Å². The zero-order valence-electron chi connectivity index (χ0n) is 23.8. The molecule has 0 aliphatic carbocycles. The number of rotatable bonds is 1. The van der Waals surface area contributed by atoms with E-state index in [1.165, 1.54) is 0 Å². The van der Waals surface area contributed by atoms with Gasteiger partial charge in [-0.3, -0.25) is 10.1 Å². The van der Waals surface area contributed by atoms with E-state index in [1.807, 2.05) is 0 Å². The Labute approximate surface area is 206 Å². The van der Waals surface area contributed by atoms with Gasteiger partial charge < -0.3 is 25.8 Å². The third-order valence-electron chi connectivity index (χ3n) is 4.88. The van der Waals surface area contributed by atoms with Crippen LogP contribution in [0.4, 0.5) is 4.79 Å². The third-order valence-corrected chi connectivity index (χ3v) is 4.88. The Kier molecular flexibility index (Phi) is 10.3. The van der Waals surface area contributed by atoms with Crippen LogP contribution in [0.5, 0.6) is 0 Å². The van der Waals surface area contributed by atoms with Gasteiger partial charge in [-0.1, -0.05) is 38.5 Å². The predicted molar refractivity (Wildman–Crippen MR) is 131 cm³/mol. The second-order valence-electron chi connectivity index (χ2n) is 9.38. The van der Waals surface area contributed by atoms with Gasteiger partial charge in [0.15, 0.2) is 5.96 Å². The lowest BCUT2D eigenvalue weighted by Gasteiger charge is -2.28. The fourth-order valence-corrected chi connectivity index (χ4v) is 3.27. The van der Waals surface area contributed by atoms with Gasteiger partial charge in [0.2, 0.25) is 18.0 Å². The van der Waals surface area contributed by atoms with Crippen molar-refractivity contribution in [2.45, 2.75) is 110 Å². The van der Waals surface area contributed by atoms with Gasteiger partial charge in [0.1, 0.15) is 5.60 Å². The topological polar surface area (TPSA) is 162 Å². The number of hydrogen-bond donors (Lipinski definition) is 3. The number of cyclic esters (lactones) is 1. The molecule has 0 radical (unpaired) electrons. The molecule has 1 saturated heterocycles. The highest BCUT2D eigenvalue weighted by molar-refractivity contribution is 6.02. The quantitative estimate of drug-likeness (QED) is 0.290. The van der Waals surface area contributed by atoms with Crippen molar-refractivity contribution in [1.82, 2.24) is 10.2 Å². The Bertz CT molecular complexity index is 838. The van der Waals surface area contributed by atoms with Crippen molar-refractivity contribution in [3.63, 3.8) is 0 Å². The maximum Gasteiger partial charge on any atom is 0.437 e. The number of ether oxygens (including phenoxy) is 2. The summed E-state index contributed by atoms with van der Waals surface area (Å²) in [4.78, 5) is 46.2. The smallest absolute Gasteiger partial charge is 0.437 e. The Hall–Kier alpha value is -2.85. The van der Waals surface area contributed by atoms with Gasteiger partial charge in [0, 0.05) is 17.5 Å². The molecule has 2 atom stereocenters. The van der Waals surface area contributed by atoms with Gasteiger partial charge in [-0.05, 0) is 47.0 Å². The van der Waals surface area contributed by atoms with Crippen molar-refractivity contribution in [2.24, 2.45) is 21.5 Å². The van der Waals surface area contributed by atoms with E-state index in [0.717, 1.165) is 44.9 Å². The standard InChI is InChI=1S/C23H42N6O5/c1-16-14-12-10-8-6-7-9-11-13-15-17(30)26-21(28-22(32)34-23(2,3)4)29(5)18(19(31)33-16)27-20(24)25/h16,18H,6-15H2,1-5H3,(H4,24,25,27)(H,26,28,30,32)/i5D3. The van der Waals surface area contributed by atoms with E-state index in [9.17, 15) is 14.4 Å². The largest absolute Gasteiger partial charge is 0.460 e. The normalized spacial score (nSPS) is 25.5. The Morgan fingerprint density at radius 3 is 2.26 bits per heavy atom. The van der Waals surface area contributed by atoms with Crippen LogP contribution < -0.4 is 16.8 Å². The number of amides is 2. The minimum Gasteiger partial charge on any atom is -0.460 e. The first-order chi connectivity index (χ1) is 17.1. The fourth-order valence-electron chi connectivity index (χ4n) is 3.27. The number of esters is 1. The summed E-state index contributed by atoms with van der Waals surface area (Å²) in [5.74, 6) is -3.03. The molecule has 1 heterocycles. The lowest BCUT2D eigenvalue weighted by molar-refractivity contribution is -0.153. The van der Waals surface area contributed by atoms with Crippen molar-refractivity contribution in [1.29, 1.82) is 0 Å². The molecule has 5 N–H and O–H groups in total. The zero-order chi connectivity index (χ0) is 28.2. The summed E-state index contributed by atoms with van der Waals surface area (Å²) in [6.45, 7) is 3.34. The maximum atomic E-state index is 13.1. The summed E-state index contributed by atoms with van der Waals surface area (Å²) in [5, 5.41) is 2.35. The minimum atomic E-state index is -3.12. The molecule has 0 aromatic rings. The van der Waals surface area contributed by atoms with Crippen LogP contribution in [0, 0.1) is 0 Å². The van der Waals surface area contributed by atoms with E-state index in [-0.39, 0.29) is 6.42 Å². The Balaban J connectivity index is 3.53. The highest BCUT2D eigenvalue weighted by Crippen LogP contribution is 2.15. The molecular formula is C23H42N6O5. The highest BCUT2D eigenvalue weighted by atomic mass is 16.6. The number of nitrogens with two attached hydrogens (primary N) is 2. The summed E-state index contributed by atoms with van der Waals surface area (Å²) >= 11 is 0. The Morgan fingerprint density at radius 1 is 1.12 bits per heavy atom. The first kappa shape index (κ1) is 24.3. The number of nitrogens with one attached hydrogen (secondary N) is 1. The molecule has 0 saturated carbocycles. The molecule has 0 bridgehead atoms. The minimum absolute atomic E-state index is 0.0522. The molecule has 1 fully saturated rings. The van der Waals surface area contributed by atoms with Crippen LogP contribution in [0.15, 0.2) is 9.98 Å². The van der Waals surface area contributed by atoms with Gasteiger partial charge in [0.25, 0.3) is 0 Å². The number of guanidine groups is 2. The average molecular weight is 486 g/mol. The first-order valence-corrected chi connectivity index (χ1v) is 11.8. The summed E-state index contributed by atoms with van der Waals surface area (Å²) in [7, 11) is 0. The van der Waals surface area contributed by atoms with Crippen molar-refractivity contribution in [3.8, 4) is 0 Å². The van der Waals surface area contributed by atoms with Crippen molar-refractivity contribution >= 4 is 29.9 Å². The number of nitrogens with zero attached hydrogens (tertiary/aromatic N) is 3. The summed E-state index contributed by atoms with van der Waals surface area (Å²) < 4.78 is 34.8. The van der Waals surface area contributed by atoms with E-state index in [4.69, 9.17) is 25.1 Å². The lowest BCUT2D eigenvalue weighted by atomic mass is 10.1. The molecule has 2 unspecified atom stereocenters. The van der Waals surface area contributed by atoms with Crippen molar-refractivity contribution in [3.05, 3.63) is 0 Å². The molecule has 11 nitrogen and oxygen atoms in total. The molecule has 0 aromatic heterocycles. The summed E-state index contributed by atoms with van der Waals surface area (Å²) in [5.41, 5.74) is 10.1. The van der Waals surface area contributed by atoms with E-state index >= 15 is 0 Å². The van der Waals surface area contributed by atoms with Crippen LogP contribution in [0.2, 0.25) is 0 Å². The van der Waals surface area contributed by atoms with Crippen LogP contribution in [-0.4, -0.2) is 59.6 Å². The number of aliphatic imine (C=N–C) groups is 2. The lowest BCUT2D eigenvalue weighted by Crippen LogP contribution is -2.51. The van der Waals surface area contributed by atoms with Gasteiger partial charge in [-0.2, -0.15) is 0 Å². The molecule has 2 amide bonds. The Morgan fingerprint density at radius 2 is 1.71 bits per heavy atom. The van der Waals surface area contributed by atoms with Crippen LogP contribution in [0.3, 0.4) is 0 Å². The molecule has 11 heteroatoms. The van der Waals surface area contributed by atoms with Gasteiger partial charge in [-0.25, -0.2) is 14.6 Å². The van der Waals surface area contributed by atoms with Crippen LogP contribution in [0.25, 0.3) is 0 Å².